The molecule has 1 aliphatic rings. The maximum Gasteiger partial charge on any atom is 0.253 e. The molecule has 0 aliphatic carbocycles. The average molecular weight is 425 g/mol. The largest absolute Gasteiger partial charge is 0.336 e. The van der Waals surface area contributed by atoms with Crippen molar-refractivity contribution in [3.05, 3.63) is 102 Å². The standard InChI is InChI=1S/C25H24N6O/c32-25(22-13-7-12-21(18-22)24-26-28-29-27-24)31-16-14-30(15-17-31)23(19-8-3-1-4-9-19)20-10-5-2-6-11-20/h1-13,18,23H,14-17H2,(H,26,27,28,29). The maximum absolute atomic E-state index is 13.2. The highest BCUT2D eigenvalue weighted by molar-refractivity contribution is 5.95. The summed E-state index contributed by atoms with van der Waals surface area (Å²) in [6.45, 7) is 2.98. The van der Waals surface area contributed by atoms with E-state index in [1.54, 1.807) is 0 Å². The lowest BCUT2D eigenvalue weighted by molar-refractivity contribution is 0.0597. The van der Waals surface area contributed by atoms with Crippen LogP contribution in [0.5, 0.6) is 0 Å². The minimum Gasteiger partial charge on any atom is -0.336 e. The second-order valence-electron chi connectivity index (χ2n) is 7.87. The monoisotopic (exact) mass is 424 g/mol. The van der Waals surface area contributed by atoms with Gasteiger partial charge in [-0.1, -0.05) is 72.8 Å². The van der Waals surface area contributed by atoms with E-state index in [-0.39, 0.29) is 11.9 Å². The Labute approximate surface area is 186 Å². The molecule has 1 aromatic heterocycles. The summed E-state index contributed by atoms with van der Waals surface area (Å²) >= 11 is 0. The van der Waals surface area contributed by atoms with Crippen molar-refractivity contribution in [3.63, 3.8) is 0 Å². The first-order valence-corrected chi connectivity index (χ1v) is 10.8. The van der Waals surface area contributed by atoms with Crippen molar-refractivity contribution < 1.29 is 4.79 Å². The molecule has 0 bridgehead atoms. The molecule has 3 aromatic carbocycles. The molecule has 160 valence electrons. The lowest BCUT2D eigenvalue weighted by Gasteiger charge is -2.39. The minimum atomic E-state index is 0.0333. The summed E-state index contributed by atoms with van der Waals surface area (Å²) in [4.78, 5) is 17.6. The summed E-state index contributed by atoms with van der Waals surface area (Å²) < 4.78 is 0. The van der Waals surface area contributed by atoms with Crippen molar-refractivity contribution in [2.75, 3.05) is 26.2 Å². The maximum atomic E-state index is 13.2. The van der Waals surface area contributed by atoms with Crippen LogP contribution in [0, 0.1) is 0 Å². The summed E-state index contributed by atoms with van der Waals surface area (Å²) in [5.74, 6) is 0.518. The fraction of sp³-hybridized carbons (Fsp3) is 0.200. The molecule has 0 radical (unpaired) electrons. The Morgan fingerprint density at radius 1 is 0.812 bits per heavy atom. The molecule has 1 amide bonds. The van der Waals surface area contributed by atoms with Crippen LogP contribution in [-0.2, 0) is 0 Å². The molecule has 1 aliphatic heterocycles. The van der Waals surface area contributed by atoms with Gasteiger partial charge in [-0.2, -0.15) is 5.21 Å². The molecule has 1 fully saturated rings. The number of carbonyl (C=O) groups excluding carboxylic acids is 1. The van der Waals surface area contributed by atoms with E-state index < -0.39 is 0 Å². The molecule has 1 saturated heterocycles. The van der Waals surface area contributed by atoms with Crippen LogP contribution in [0.25, 0.3) is 11.4 Å². The number of aromatic amines is 1. The first-order valence-electron chi connectivity index (χ1n) is 10.8. The van der Waals surface area contributed by atoms with Crippen LogP contribution < -0.4 is 0 Å². The van der Waals surface area contributed by atoms with E-state index in [1.807, 2.05) is 41.3 Å². The SMILES string of the molecule is O=C(c1cccc(-c2nn[nH]n2)c1)N1CCN(C(c2ccccc2)c2ccccc2)CC1. The number of carbonyl (C=O) groups is 1. The van der Waals surface area contributed by atoms with Crippen molar-refractivity contribution in [2.24, 2.45) is 0 Å². The zero-order chi connectivity index (χ0) is 21.8. The number of benzene rings is 3. The van der Waals surface area contributed by atoms with E-state index in [2.05, 4.69) is 74.1 Å². The van der Waals surface area contributed by atoms with Crippen molar-refractivity contribution >= 4 is 5.91 Å². The molecular weight excluding hydrogens is 400 g/mol. The molecule has 4 aromatic rings. The second-order valence-corrected chi connectivity index (χ2v) is 7.87. The number of tetrazole rings is 1. The van der Waals surface area contributed by atoms with Gasteiger partial charge in [0, 0.05) is 37.3 Å². The lowest BCUT2D eigenvalue weighted by Crippen LogP contribution is -2.49. The van der Waals surface area contributed by atoms with Crippen molar-refractivity contribution in [1.82, 2.24) is 30.4 Å². The zero-order valence-electron chi connectivity index (χ0n) is 17.6. The van der Waals surface area contributed by atoms with Crippen molar-refractivity contribution in [2.45, 2.75) is 6.04 Å². The number of aromatic nitrogens is 4. The Morgan fingerprint density at radius 2 is 1.47 bits per heavy atom. The summed E-state index contributed by atoms with van der Waals surface area (Å²) in [6, 6.07) is 28.7. The molecule has 0 spiro atoms. The van der Waals surface area contributed by atoms with E-state index in [9.17, 15) is 4.79 Å². The van der Waals surface area contributed by atoms with Crippen molar-refractivity contribution in [1.29, 1.82) is 0 Å². The molecule has 2 heterocycles. The Hall–Kier alpha value is -3.84. The fourth-order valence-corrected chi connectivity index (χ4v) is 4.33. The van der Waals surface area contributed by atoms with Crippen LogP contribution in [0.4, 0.5) is 0 Å². The normalized spacial score (nSPS) is 14.6. The predicted octanol–water partition coefficient (Wildman–Crippen LogP) is 3.41. The van der Waals surface area contributed by atoms with Gasteiger partial charge in [-0.15, -0.1) is 10.2 Å². The Kier molecular flexibility index (Phi) is 5.72. The summed E-state index contributed by atoms with van der Waals surface area (Å²) in [5.41, 5.74) is 3.96. The topological polar surface area (TPSA) is 78.0 Å². The number of H-pyrrole nitrogens is 1. The van der Waals surface area contributed by atoms with Gasteiger partial charge in [0.05, 0.1) is 6.04 Å². The molecule has 0 unspecified atom stereocenters. The van der Waals surface area contributed by atoms with E-state index in [0.717, 1.165) is 18.7 Å². The smallest absolute Gasteiger partial charge is 0.253 e. The van der Waals surface area contributed by atoms with Crippen LogP contribution in [0.1, 0.15) is 27.5 Å². The van der Waals surface area contributed by atoms with E-state index >= 15 is 0 Å². The van der Waals surface area contributed by atoms with Crippen LogP contribution >= 0.6 is 0 Å². The molecule has 7 heteroatoms. The van der Waals surface area contributed by atoms with Gasteiger partial charge in [-0.25, -0.2) is 0 Å². The Bertz CT molecular complexity index is 1120. The lowest BCUT2D eigenvalue weighted by atomic mass is 9.96. The highest BCUT2D eigenvalue weighted by atomic mass is 16.2. The minimum absolute atomic E-state index is 0.0333. The third kappa shape index (κ3) is 4.15. The summed E-state index contributed by atoms with van der Waals surface area (Å²) in [7, 11) is 0. The molecular formula is C25H24N6O. The second kappa shape index (κ2) is 9.11. The van der Waals surface area contributed by atoms with Gasteiger partial charge >= 0.3 is 0 Å². The number of nitrogens with one attached hydrogen (secondary N) is 1. The summed E-state index contributed by atoms with van der Waals surface area (Å²) in [5, 5.41) is 14.1. The van der Waals surface area contributed by atoms with E-state index in [1.165, 1.54) is 11.1 Å². The zero-order valence-corrected chi connectivity index (χ0v) is 17.6. The average Bonchev–Trinajstić information content (AvgIpc) is 3.41. The highest BCUT2D eigenvalue weighted by Crippen LogP contribution is 2.29. The molecule has 32 heavy (non-hydrogen) atoms. The van der Waals surface area contributed by atoms with Gasteiger partial charge in [0.2, 0.25) is 5.82 Å². The first kappa shape index (κ1) is 20.1. The van der Waals surface area contributed by atoms with Crippen LogP contribution in [0.3, 0.4) is 0 Å². The van der Waals surface area contributed by atoms with Gasteiger partial charge < -0.3 is 4.90 Å². The van der Waals surface area contributed by atoms with E-state index in [4.69, 9.17) is 0 Å². The Balaban J connectivity index is 1.32. The molecule has 0 atom stereocenters. The molecule has 0 saturated carbocycles. The van der Waals surface area contributed by atoms with Gasteiger partial charge in [-0.05, 0) is 28.5 Å². The van der Waals surface area contributed by atoms with Gasteiger partial charge in [0.1, 0.15) is 0 Å². The van der Waals surface area contributed by atoms with Crippen LogP contribution in [0.2, 0.25) is 0 Å². The third-order valence-corrected chi connectivity index (χ3v) is 5.91. The highest BCUT2D eigenvalue weighted by Gasteiger charge is 2.28. The number of hydrogen-bond donors (Lipinski definition) is 1. The number of amides is 1. The van der Waals surface area contributed by atoms with Crippen LogP contribution in [-0.4, -0.2) is 62.5 Å². The summed E-state index contributed by atoms with van der Waals surface area (Å²) in [6.07, 6.45) is 0. The van der Waals surface area contributed by atoms with Crippen LogP contribution in [0.15, 0.2) is 84.9 Å². The van der Waals surface area contributed by atoms with Crippen molar-refractivity contribution in [3.8, 4) is 11.4 Å². The molecule has 1 N–H and O–H groups in total. The number of nitrogens with zero attached hydrogens (tertiary/aromatic N) is 5. The first-order chi connectivity index (χ1) is 15.8. The van der Waals surface area contributed by atoms with Gasteiger partial charge in [-0.3, -0.25) is 9.69 Å². The number of hydrogen-bond acceptors (Lipinski definition) is 5. The fourth-order valence-electron chi connectivity index (χ4n) is 4.33. The van der Waals surface area contributed by atoms with E-state index in [0.29, 0.717) is 24.5 Å². The van der Waals surface area contributed by atoms with Gasteiger partial charge in [0.15, 0.2) is 0 Å². The van der Waals surface area contributed by atoms with Gasteiger partial charge in [0.25, 0.3) is 5.91 Å². The Morgan fingerprint density at radius 3 is 2.06 bits per heavy atom. The quantitative estimate of drug-likeness (QED) is 0.531. The number of rotatable bonds is 5. The third-order valence-electron chi connectivity index (χ3n) is 5.91. The molecule has 5 rings (SSSR count). The molecule has 7 nitrogen and oxygen atoms in total. The predicted molar refractivity (Wildman–Crippen MR) is 122 cm³/mol. The number of piperazine rings is 1.